The lowest BCUT2D eigenvalue weighted by molar-refractivity contribution is -0.361. The van der Waals surface area contributed by atoms with Crippen LogP contribution in [0, 0.1) is 0 Å². The fraction of sp³-hybridized carbons (Fsp3) is 0.357. The second-order valence-electron chi connectivity index (χ2n) is 4.58. The average Bonchev–Trinajstić information content (AvgIpc) is 2.35. The highest BCUT2D eigenvalue weighted by Gasteiger charge is 2.43. The van der Waals surface area contributed by atoms with Crippen molar-refractivity contribution < 1.29 is 27.4 Å². The zero-order valence-corrected chi connectivity index (χ0v) is 11.1. The molecule has 0 saturated heterocycles. The van der Waals surface area contributed by atoms with Crippen molar-refractivity contribution in [1.29, 1.82) is 0 Å². The Labute approximate surface area is 115 Å². The van der Waals surface area contributed by atoms with Gasteiger partial charge in [0.05, 0.1) is 0 Å². The maximum absolute atomic E-state index is 12.6. The molecule has 0 N–H and O–H groups in total. The molecule has 0 spiro atoms. The number of ether oxygens (including phenoxy) is 2. The predicted octanol–water partition coefficient (Wildman–Crippen LogP) is 3.77. The lowest BCUT2D eigenvalue weighted by Crippen LogP contribution is -2.39. The minimum absolute atomic E-state index is 0.256. The summed E-state index contributed by atoms with van der Waals surface area (Å²) < 4.78 is 46.8. The third-order valence-corrected chi connectivity index (χ3v) is 2.52. The van der Waals surface area contributed by atoms with Gasteiger partial charge in [-0.05, 0) is 19.4 Å². The van der Waals surface area contributed by atoms with Crippen molar-refractivity contribution in [2.75, 3.05) is 0 Å². The number of rotatable bonds is 5. The molecule has 110 valence electrons. The zero-order valence-electron chi connectivity index (χ0n) is 11.1. The largest absolute Gasteiger partial charge is 0.523 e. The standard InChI is InChI=1S/C14H15F3O3/c1-4-11(18)19-13(2,3)12(20-14(15,16)17)10-8-6-5-7-9-10/h4-9,12H,1H2,2-3H3. The van der Waals surface area contributed by atoms with E-state index in [-0.39, 0.29) is 5.56 Å². The Hall–Kier alpha value is -1.82. The van der Waals surface area contributed by atoms with Crippen molar-refractivity contribution in [3.05, 3.63) is 48.6 Å². The van der Waals surface area contributed by atoms with Gasteiger partial charge in [0.15, 0.2) is 0 Å². The molecule has 1 atom stereocenters. The summed E-state index contributed by atoms with van der Waals surface area (Å²) in [6.07, 6.45) is -5.44. The molecule has 1 aromatic rings. The van der Waals surface area contributed by atoms with Crippen molar-refractivity contribution in [3.8, 4) is 0 Å². The molecule has 0 fully saturated rings. The lowest BCUT2D eigenvalue weighted by Gasteiger charge is -2.34. The Morgan fingerprint density at radius 3 is 2.25 bits per heavy atom. The van der Waals surface area contributed by atoms with Crippen LogP contribution in [-0.2, 0) is 14.3 Å². The highest BCUT2D eigenvalue weighted by Crippen LogP contribution is 2.37. The van der Waals surface area contributed by atoms with E-state index in [1.165, 1.54) is 26.0 Å². The lowest BCUT2D eigenvalue weighted by atomic mass is 9.94. The molecule has 0 radical (unpaired) electrons. The summed E-state index contributed by atoms with van der Waals surface area (Å²) in [5, 5.41) is 0. The first kappa shape index (κ1) is 16.2. The Balaban J connectivity index is 3.10. The van der Waals surface area contributed by atoms with Gasteiger partial charge in [-0.15, -0.1) is 13.2 Å². The first-order valence-electron chi connectivity index (χ1n) is 5.80. The van der Waals surface area contributed by atoms with Gasteiger partial charge in [-0.3, -0.25) is 4.74 Å². The van der Waals surface area contributed by atoms with Crippen LogP contribution < -0.4 is 0 Å². The average molecular weight is 288 g/mol. The SMILES string of the molecule is C=CC(=O)OC(C)(C)C(OC(F)(F)F)c1ccccc1. The molecule has 1 unspecified atom stereocenters. The summed E-state index contributed by atoms with van der Waals surface area (Å²) in [4.78, 5) is 11.3. The fourth-order valence-electron chi connectivity index (χ4n) is 1.73. The molecule has 0 aliphatic rings. The van der Waals surface area contributed by atoms with Crippen molar-refractivity contribution >= 4 is 5.97 Å². The van der Waals surface area contributed by atoms with Gasteiger partial charge in [-0.1, -0.05) is 36.9 Å². The smallest absolute Gasteiger partial charge is 0.453 e. The maximum Gasteiger partial charge on any atom is 0.523 e. The number of hydrogen-bond acceptors (Lipinski definition) is 3. The minimum Gasteiger partial charge on any atom is -0.453 e. The van der Waals surface area contributed by atoms with E-state index in [1.807, 2.05) is 0 Å². The Kier molecular flexibility index (Phi) is 4.94. The highest BCUT2D eigenvalue weighted by atomic mass is 19.4. The highest BCUT2D eigenvalue weighted by molar-refractivity contribution is 5.81. The summed E-state index contributed by atoms with van der Waals surface area (Å²) in [7, 11) is 0. The van der Waals surface area contributed by atoms with E-state index in [4.69, 9.17) is 4.74 Å². The summed E-state index contributed by atoms with van der Waals surface area (Å²) in [5.41, 5.74) is -1.26. The number of carbonyl (C=O) groups excluding carboxylic acids is 1. The van der Waals surface area contributed by atoms with Crippen LogP contribution in [0.15, 0.2) is 43.0 Å². The first-order valence-corrected chi connectivity index (χ1v) is 5.80. The maximum atomic E-state index is 12.6. The molecule has 0 aliphatic carbocycles. The van der Waals surface area contributed by atoms with Crippen LogP contribution in [0.5, 0.6) is 0 Å². The van der Waals surface area contributed by atoms with E-state index < -0.39 is 24.0 Å². The zero-order chi connectivity index (χ0) is 15.4. The van der Waals surface area contributed by atoms with Crippen molar-refractivity contribution in [2.45, 2.75) is 31.9 Å². The molecular formula is C14H15F3O3. The van der Waals surface area contributed by atoms with Crippen molar-refractivity contribution in [3.63, 3.8) is 0 Å². The molecule has 0 aliphatic heterocycles. The van der Waals surface area contributed by atoms with Crippen LogP contribution in [0.4, 0.5) is 13.2 Å². The third kappa shape index (κ3) is 4.70. The summed E-state index contributed by atoms with van der Waals surface area (Å²) >= 11 is 0. The normalized spacial score (nSPS) is 13.7. The second-order valence-corrected chi connectivity index (χ2v) is 4.58. The van der Waals surface area contributed by atoms with Gasteiger partial charge in [0.25, 0.3) is 0 Å². The van der Waals surface area contributed by atoms with Crippen LogP contribution in [0.1, 0.15) is 25.5 Å². The van der Waals surface area contributed by atoms with E-state index in [1.54, 1.807) is 18.2 Å². The number of halogens is 3. The van der Waals surface area contributed by atoms with Gasteiger partial charge >= 0.3 is 12.3 Å². The van der Waals surface area contributed by atoms with E-state index in [9.17, 15) is 18.0 Å². The first-order chi connectivity index (χ1) is 9.15. The molecule has 0 saturated carbocycles. The molecule has 0 bridgehead atoms. The van der Waals surface area contributed by atoms with Crippen molar-refractivity contribution in [1.82, 2.24) is 0 Å². The van der Waals surface area contributed by atoms with E-state index in [0.29, 0.717) is 0 Å². The van der Waals surface area contributed by atoms with Gasteiger partial charge in [-0.2, -0.15) is 0 Å². The third-order valence-electron chi connectivity index (χ3n) is 2.52. The van der Waals surface area contributed by atoms with Gasteiger partial charge in [0, 0.05) is 6.08 Å². The van der Waals surface area contributed by atoms with Gasteiger partial charge in [0.2, 0.25) is 0 Å². The molecule has 0 heterocycles. The quantitative estimate of drug-likeness (QED) is 0.611. The topological polar surface area (TPSA) is 35.5 Å². The number of carbonyl (C=O) groups is 1. The molecule has 6 heteroatoms. The summed E-state index contributed by atoms with van der Waals surface area (Å²) in [5.74, 6) is -0.818. The van der Waals surface area contributed by atoms with E-state index in [0.717, 1.165) is 6.08 Å². The molecule has 1 rings (SSSR count). The number of alkyl halides is 3. The van der Waals surface area contributed by atoms with Crippen LogP contribution in [0.2, 0.25) is 0 Å². The van der Waals surface area contributed by atoms with Gasteiger partial charge in [0.1, 0.15) is 11.7 Å². The number of esters is 1. The summed E-state index contributed by atoms with van der Waals surface area (Å²) in [6, 6.07) is 7.76. The molecule has 3 nitrogen and oxygen atoms in total. The van der Waals surface area contributed by atoms with Crippen LogP contribution in [-0.4, -0.2) is 17.9 Å². The van der Waals surface area contributed by atoms with Crippen LogP contribution in [0.25, 0.3) is 0 Å². The number of benzene rings is 1. The Morgan fingerprint density at radius 1 is 1.25 bits per heavy atom. The number of hydrogen-bond donors (Lipinski definition) is 0. The second kappa shape index (κ2) is 6.09. The van der Waals surface area contributed by atoms with E-state index in [2.05, 4.69) is 11.3 Å². The van der Waals surface area contributed by atoms with Gasteiger partial charge < -0.3 is 4.74 Å². The predicted molar refractivity (Wildman–Crippen MR) is 66.7 cm³/mol. The van der Waals surface area contributed by atoms with Gasteiger partial charge in [-0.25, -0.2) is 4.79 Å². The Bertz CT molecular complexity index is 466. The summed E-state index contributed by atoms with van der Waals surface area (Å²) in [6.45, 7) is 5.90. The minimum atomic E-state index is -4.85. The molecule has 0 aromatic heterocycles. The van der Waals surface area contributed by atoms with E-state index >= 15 is 0 Å². The fourth-order valence-corrected chi connectivity index (χ4v) is 1.73. The molecular weight excluding hydrogens is 273 g/mol. The monoisotopic (exact) mass is 288 g/mol. The van der Waals surface area contributed by atoms with Crippen molar-refractivity contribution in [2.24, 2.45) is 0 Å². The molecule has 0 amide bonds. The molecule has 20 heavy (non-hydrogen) atoms. The van der Waals surface area contributed by atoms with Crippen LogP contribution >= 0.6 is 0 Å². The molecule has 1 aromatic carbocycles. The Morgan fingerprint density at radius 2 is 1.80 bits per heavy atom. The van der Waals surface area contributed by atoms with Crippen LogP contribution in [0.3, 0.4) is 0 Å².